The monoisotopic (exact) mass is 242 g/mol. The first-order valence-corrected chi connectivity index (χ1v) is 5.90. The molecule has 0 bridgehead atoms. The van der Waals surface area contributed by atoms with E-state index < -0.39 is 5.54 Å². The van der Waals surface area contributed by atoms with Crippen LogP contribution in [0.4, 0.5) is 0 Å². The van der Waals surface area contributed by atoms with Crippen molar-refractivity contribution in [1.29, 1.82) is 0 Å². The van der Waals surface area contributed by atoms with Crippen LogP contribution in [0.5, 0.6) is 0 Å². The van der Waals surface area contributed by atoms with Crippen LogP contribution in [0.1, 0.15) is 26.7 Å². The van der Waals surface area contributed by atoms with Crippen LogP contribution in [-0.2, 0) is 4.79 Å². The third-order valence-electron chi connectivity index (χ3n) is 3.33. The molecule has 0 aromatic heterocycles. The molecule has 0 unspecified atom stereocenters. The lowest BCUT2D eigenvalue weighted by Gasteiger charge is -2.40. The summed E-state index contributed by atoms with van der Waals surface area (Å²) in [4.78, 5) is 14.0. The van der Waals surface area contributed by atoms with Gasteiger partial charge in [-0.15, -0.1) is 0 Å². The molecule has 1 aliphatic heterocycles. The smallest absolute Gasteiger partial charge is 0.223 e. The van der Waals surface area contributed by atoms with Crippen molar-refractivity contribution in [3.63, 3.8) is 0 Å². The number of carbonyl (C=O) groups excluding carboxylic acids is 1. The number of piperidine rings is 1. The normalized spacial score (nSPS) is 21.5. The van der Waals surface area contributed by atoms with Crippen LogP contribution in [0, 0.1) is 5.92 Å². The Hall–Kier alpha value is -1.30. The standard InChI is InChI=1S/C11H22N4O2/c1-8(2)9(16)13-11(10(12)14-17)4-6-15(3)7-5-11/h8,17H,4-7H2,1-3H3,(H2,12,14)(H,13,16). The molecule has 0 aromatic rings. The number of carbonyl (C=O) groups is 1. The molecule has 1 rings (SSSR count). The summed E-state index contributed by atoms with van der Waals surface area (Å²) in [6.45, 7) is 5.28. The molecule has 0 atom stereocenters. The number of rotatable bonds is 3. The molecule has 0 radical (unpaired) electrons. The van der Waals surface area contributed by atoms with Crippen LogP contribution in [0.3, 0.4) is 0 Å². The van der Waals surface area contributed by atoms with Crippen molar-refractivity contribution in [3.8, 4) is 0 Å². The number of hydrogen-bond donors (Lipinski definition) is 3. The molecule has 0 saturated carbocycles. The summed E-state index contributed by atoms with van der Waals surface area (Å²) in [6.07, 6.45) is 1.33. The zero-order chi connectivity index (χ0) is 13.1. The minimum atomic E-state index is -0.692. The Bertz CT molecular complexity index is 307. The number of oxime groups is 1. The van der Waals surface area contributed by atoms with Crippen LogP contribution in [-0.4, -0.2) is 47.5 Å². The van der Waals surface area contributed by atoms with Gasteiger partial charge in [-0.05, 0) is 19.9 Å². The van der Waals surface area contributed by atoms with E-state index in [4.69, 9.17) is 10.9 Å². The fraction of sp³-hybridized carbons (Fsp3) is 0.818. The summed E-state index contributed by atoms with van der Waals surface area (Å²) in [5.41, 5.74) is 5.05. The molecule has 98 valence electrons. The third-order valence-corrected chi connectivity index (χ3v) is 3.33. The molecule has 6 heteroatoms. The van der Waals surface area contributed by atoms with Crippen molar-refractivity contribution >= 4 is 11.7 Å². The highest BCUT2D eigenvalue weighted by molar-refractivity contribution is 5.94. The number of hydrogen-bond acceptors (Lipinski definition) is 4. The fourth-order valence-electron chi connectivity index (χ4n) is 1.92. The number of nitrogens with one attached hydrogen (secondary N) is 1. The molecule has 4 N–H and O–H groups in total. The van der Waals surface area contributed by atoms with Crippen LogP contribution in [0.2, 0.25) is 0 Å². The molecule has 1 aliphatic rings. The SMILES string of the molecule is CC(C)C(=O)NC1(C(N)=NO)CCN(C)CC1. The first kappa shape index (κ1) is 13.8. The van der Waals surface area contributed by atoms with Gasteiger partial charge in [0.05, 0.1) is 0 Å². The molecule has 0 aromatic carbocycles. The Balaban J connectivity index is 2.84. The predicted octanol–water partition coefficient (Wildman–Crippen LogP) is -0.0306. The maximum absolute atomic E-state index is 11.8. The molecule has 1 amide bonds. The van der Waals surface area contributed by atoms with E-state index in [0.717, 1.165) is 13.1 Å². The number of nitrogens with zero attached hydrogens (tertiary/aromatic N) is 2. The average Bonchev–Trinajstić information content (AvgIpc) is 2.31. The zero-order valence-electron chi connectivity index (χ0n) is 10.7. The largest absolute Gasteiger partial charge is 0.409 e. The van der Waals surface area contributed by atoms with Gasteiger partial charge in [0, 0.05) is 19.0 Å². The molecule has 17 heavy (non-hydrogen) atoms. The Morgan fingerprint density at radius 3 is 2.41 bits per heavy atom. The van der Waals surface area contributed by atoms with Crippen LogP contribution >= 0.6 is 0 Å². The Kier molecular flexibility index (Phi) is 4.34. The molecular weight excluding hydrogens is 220 g/mol. The van der Waals surface area contributed by atoms with Gasteiger partial charge < -0.3 is 21.2 Å². The van der Waals surface area contributed by atoms with Crippen molar-refractivity contribution in [1.82, 2.24) is 10.2 Å². The molecular formula is C11H22N4O2. The summed E-state index contributed by atoms with van der Waals surface area (Å²) in [6, 6.07) is 0. The predicted molar refractivity (Wildman–Crippen MR) is 65.9 cm³/mol. The molecule has 0 aliphatic carbocycles. The van der Waals surface area contributed by atoms with E-state index in [1.165, 1.54) is 0 Å². The van der Waals surface area contributed by atoms with Gasteiger partial charge in [0.15, 0.2) is 5.84 Å². The Morgan fingerprint density at radius 2 is 2.00 bits per heavy atom. The highest BCUT2D eigenvalue weighted by atomic mass is 16.4. The second-order valence-corrected chi connectivity index (χ2v) is 5.01. The van der Waals surface area contributed by atoms with Gasteiger partial charge in [-0.1, -0.05) is 19.0 Å². The first-order valence-electron chi connectivity index (χ1n) is 5.90. The lowest BCUT2D eigenvalue weighted by molar-refractivity contribution is -0.125. The van der Waals surface area contributed by atoms with Gasteiger partial charge >= 0.3 is 0 Å². The Labute approximate surface area is 102 Å². The second kappa shape index (κ2) is 5.35. The van der Waals surface area contributed by atoms with Gasteiger partial charge in [0.2, 0.25) is 5.91 Å². The summed E-state index contributed by atoms with van der Waals surface area (Å²) in [5, 5.41) is 14.9. The van der Waals surface area contributed by atoms with E-state index in [1.807, 2.05) is 20.9 Å². The van der Waals surface area contributed by atoms with Gasteiger partial charge in [-0.25, -0.2) is 0 Å². The van der Waals surface area contributed by atoms with Gasteiger partial charge in [-0.2, -0.15) is 0 Å². The van der Waals surface area contributed by atoms with E-state index >= 15 is 0 Å². The van der Waals surface area contributed by atoms with Crippen molar-refractivity contribution < 1.29 is 10.0 Å². The van der Waals surface area contributed by atoms with Crippen LogP contribution in [0.15, 0.2) is 5.16 Å². The van der Waals surface area contributed by atoms with E-state index in [1.54, 1.807) is 0 Å². The number of nitrogens with two attached hydrogens (primary N) is 1. The van der Waals surface area contributed by atoms with E-state index in [2.05, 4.69) is 15.4 Å². The summed E-state index contributed by atoms with van der Waals surface area (Å²) < 4.78 is 0. The Morgan fingerprint density at radius 1 is 1.47 bits per heavy atom. The van der Waals surface area contributed by atoms with E-state index in [9.17, 15) is 4.79 Å². The summed E-state index contributed by atoms with van der Waals surface area (Å²) in [7, 11) is 2.01. The van der Waals surface area contributed by atoms with Crippen molar-refractivity contribution in [2.75, 3.05) is 20.1 Å². The summed E-state index contributed by atoms with van der Waals surface area (Å²) in [5.74, 6) is -0.0845. The lowest BCUT2D eigenvalue weighted by atomic mass is 9.86. The van der Waals surface area contributed by atoms with Crippen molar-refractivity contribution in [2.24, 2.45) is 16.8 Å². The van der Waals surface area contributed by atoms with Crippen LogP contribution in [0.25, 0.3) is 0 Å². The number of amides is 1. The van der Waals surface area contributed by atoms with E-state index in [0.29, 0.717) is 12.8 Å². The summed E-state index contributed by atoms with van der Waals surface area (Å²) >= 11 is 0. The lowest BCUT2D eigenvalue weighted by Crippen LogP contribution is -2.62. The van der Waals surface area contributed by atoms with Gasteiger partial charge in [0.25, 0.3) is 0 Å². The van der Waals surface area contributed by atoms with Gasteiger partial charge in [0.1, 0.15) is 5.54 Å². The van der Waals surface area contributed by atoms with Gasteiger partial charge in [-0.3, -0.25) is 4.79 Å². The maximum atomic E-state index is 11.8. The highest BCUT2D eigenvalue weighted by Crippen LogP contribution is 2.22. The van der Waals surface area contributed by atoms with Crippen molar-refractivity contribution in [3.05, 3.63) is 0 Å². The minimum Gasteiger partial charge on any atom is -0.409 e. The highest BCUT2D eigenvalue weighted by Gasteiger charge is 2.39. The molecule has 0 spiro atoms. The molecule has 6 nitrogen and oxygen atoms in total. The quantitative estimate of drug-likeness (QED) is 0.280. The third kappa shape index (κ3) is 3.09. The molecule has 1 fully saturated rings. The van der Waals surface area contributed by atoms with E-state index in [-0.39, 0.29) is 17.7 Å². The topological polar surface area (TPSA) is 91.0 Å². The van der Waals surface area contributed by atoms with Crippen LogP contribution < -0.4 is 11.1 Å². The maximum Gasteiger partial charge on any atom is 0.223 e. The number of likely N-dealkylation sites (tertiary alicyclic amines) is 1. The minimum absolute atomic E-state index is 0.0684. The zero-order valence-corrected chi connectivity index (χ0v) is 10.7. The molecule has 1 saturated heterocycles. The first-order chi connectivity index (χ1) is 7.91. The van der Waals surface area contributed by atoms with Crippen molar-refractivity contribution in [2.45, 2.75) is 32.2 Å². The second-order valence-electron chi connectivity index (χ2n) is 5.01. The molecule has 1 heterocycles. The average molecular weight is 242 g/mol. The number of amidine groups is 1. The fourth-order valence-corrected chi connectivity index (χ4v) is 1.92.